The van der Waals surface area contributed by atoms with Crippen LogP contribution in [0.15, 0.2) is 12.2 Å². The number of piperidine rings is 2. The number of nitrogens with one attached hydrogen (secondary N) is 1. The highest BCUT2D eigenvalue weighted by Crippen LogP contribution is 2.37. The van der Waals surface area contributed by atoms with Gasteiger partial charge in [-0.15, -0.1) is 0 Å². The minimum absolute atomic E-state index is 0.0653. The maximum atomic E-state index is 10.9. The second-order valence-electron chi connectivity index (χ2n) is 11.1. The van der Waals surface area contributed by atoms with Gasteiger partial charge in [0.1, 0.15) is 0 Å². The van der Waals surface area contributed by atoms with Gasteiger partial charge in [-0.2, -0.15) is 10.1 Å². The second-order valence-corrected chi connectivity index (χ2v) is 11.1. The summed E-state index contributed by atoms with van der Waals surface area (Å²) in [7, 11) is 0. The van der Waals surface area contributed by atoms with Crippen molar-refractivity contribution in [1.29, 1.82) is 0 Å². The molecule has 2 heterocycles. The van der Waals surface area contributed by atoms with Gasteiger partial charge >= 0.3 is 0 Å². The van der Waals surface area contributed by atoms with Crippen molar-refractivity contribution in [2.45, 2.75) is 115 Å². The normalized spacial score (nSPS) is 30.1. The number of nitrogens with two attached hydrogens (primary N) is 2. The first kappa shape index (κ1) is 27.0. The summed E-state index contributed by atoms with van der Waals surface area (Å²) < 4.78 is 0. The highest BCUT2D eigenvalue weighted by molar-refractivity contribution is 5.91. The second kappa shape index (κ2) is 9.22. The average molecular weight is 428 g/mol. The Morgan fingerprint density at radius 3 is 1.83 bits per heavy atom. The number of amides is 1. The largest absolute Gasteiger partial charge is 0.366 e. The number of carbonyl (C=O) groups is 1. The van der Waals surface area contributed by atoms with Gasteiger partial charge < -0.3 is 27.2 Å². The van der Waals surface area contributed by atoms with E-state index in [0.717, 1.165) is 25.7 Å². The molecular formula is C22H45N5O3. The number of primary amides is 1. The van der Waals surface area contributed by atoms with Crippen LogP contribution in [0.3, 0.4) is 0 Å². The quantitative estimate of drug-likeness (QED) is 0.436. The molecule has 0 aromatic carbocycles. The van der Waals surface area contributed by atoms with Crippen LogP contribution in [0.2, 0.25) is 0 Å². The summed E-state index contributed by atoms with van der Waals surface area (Å²) in [5, 5.41) is 26.3. The van der Waals surface area contributed by atoms with E-state index in [1.807, 2.05) is 55.4 Å². The van der Waals surface area contributed by atoms with Gasteiger partial charge in [-0.25, -0.2) is 0 Å². The highest BCUT2D eigenvalue weighted by Gasteiger charge is 2.47. The molecule has 2 aliphatic rings. The van der Waals surface area contributed by atoms with Crippen LogP contribution < -0.4 is 16.8 Å². The van der Waals surface area contributed by atoms with Gasteiger partial charge in [0, 0.05) is 35.3 Å². The third-order valence-electron chi connectivity index (χ3n) is 7.02. The lowest BCUT2D eigenvalue weighted by atomic mass is 9.78. The fourth-order valence-electron chi connectivity index (χ4n) is 4.47. The minimum atomic E-state index is -0.489. The van der Waals surface area contributed by atoms with Gasteiger partial charge in [-0.05, 0) is 81.1 Å². The summed E-state index contributed by atoms with van der Waals surface area (Å²) in [6, 6.07) is 0.155. The summed E-state index contributed by atoms with van der Waals surface area (Å²) >= 11 is 0. The fourth-order valence-corrected chi connectivity index (χ4v) is 4.47. The molecule has 0 aliphatic carbocycles. The Hall–Kier alpha value is -1.03. The van der Waals surface area contributed by atoms with Gasteiger partial charge in [0.25, 0.3) is 0 Å². The van der Waals surface area contributed by atoms with Gasteiger partial charge in [0.15, 0.2) is 0 Å². The first-order chi connectivity index (χ1) is 13.4. The third-order valence-corrected chi connectivity index (χ3v) is 7.02. The third kappa shape index (κ3) is 5.81. The Morgan fingerprint density at radius 1 is 0.967 bits per heavy atom. The SMILES string of the molecule is C=C(CNC1CCC(C)(C)N(O)C1(C)C)C(N)=O.CC1(C)CCC(N)C(C)(C)N1O. The fraction of sp³-hybridized carbons (Fsp3) is 0.864. The molecule has 2 rings (SSSR count). The Bertz CT molecular complexity index is 630. The Morgan fingerprint density at radius 2 is 1.40 bits per heavy atom. The molecule has 8 heteroatoms. The van der Waals surface area contributed by atoms with Crippen molar-refractivity contribution in [2.75, 3.05) is 6.54 Å². The predicted octanol–water partition coefficient (Wildman–Crippen LogP) is 2.38. The molecule has 0 aromatic rings. The standard InChI is InChI=1S/C13H25N3O2.C9H20N2O/c1-9(11(14)17)8-15-10-6-7-12(2,3)16(18)13(10,4)5;1-8(2)6-5-7(10)9(3,4)11(8)12/h10,15,18H,1,6-8H2,2-5H3,(H2,14,17);7,12H,5-6,10H2,1-4H3. The predicted molar refractivity (Wildman–Crippen MR) is 120 cm³/mol. The number of rotatable bonds is 4. The molecule has 2 unspecified atom stereocenters. The number of nitrogens with zero attached hydrogens (tertiary/aromatic N) is 2. The van der Waals surface area contributed by atoms with E-state index in [-0.39, 0.29) is 28.7 Å². The van der Waals surface area contributed by atoms with Crippen molar-refractivity contribution in [3.8, 4) is 0 Å². The zero-order chi connectivity index (χ0) is 23.7. The molecular weight excluding hydrogens is 382 g/mol. The van der Waals surface area contributed by atoms with Gasteiger partial charge in [0.2, 0.25) is 5.91 Å². The van der Waals surface area contributed by atoms with Crippen LogP contribution in [-0.4, -0.2) is 67.2 Å². The molecule has 0 spiro atoms. The van der Waals surface area contributed by atoms with Crippen LogP contribution in [0.25, 0.3) is 0 Å². The van der Waals surface area contributed by atoms with Crippen LogP contribution in [0, 0.1) is 0 Å². The number of hydrogen-bond acceptors (Lipinski definition) is 7. The van der Waals surface area contributed by atoms with Crippen LogP contribution in [-0.2, 0) is 4.79 Å². The van der Waals surface area contributed by atoms with E-state index in [2.05, 4.69) is 11.9 Å². The molecule has 2 atom stereocenters. The highest BCUT2D eigenvalue weighted by atomic mass is 16.5. The lowest BCUT2D eigenvalue weighted by Gasteiger charge is -2.53. The van der Waals surface area contributed by atoms with Crippen LogP contribution in [0.4, 0.5) is 0 Å². The van der Waals surface area contributed by atoms with E-state index in [4.69, 9.17) is 11.5 Å². The van der Waals surface area contributed by atoms with Crippen LogP contribution >= 0.6 is 0 Å². The summed E-state index contributed by atoms with van der Waals surface area (Å²) in [4.78, 5) is 10.9. The van der Waals surface area contributed by atoms with Gasteiger partial charge in [-0.3, -0.25) is 4.79 Å². The summed E-state index contributed by atoms with van der Waals surface area (Å²) in [5.74, 6) is -0.489. The molecule has 8 nitrogen and oxygen atoms in total. The minimum Gasteiger partial charge on any atom is -0.366 e. The zero-order valence-corrected chi connectivity index (χ0v) is 20.2. The Kier molecular flexibility index (Phi) is 8.30. The molecule has 0 aromatic heterocycles. The zero-order valence-electron chi connectivity index (χ0n) is 20.2. The van der Waals surface area contributed by atoms with Crippen molar-refractivity contribution in [1.82, 2.24) is 15.4 Å². The summed E-state index contributed by atoms with van der Waals surface area (Å²) in [6.45, 7) is 20.0. The Labute approximate surface area is 182 Å². The molecule has 30 heavy (non-hydrogen) atoms. The average Bonchev–Trinajstić information content (AvgIpc) is 2.62. The summed E-state index contributed by atoms with van der Waals surface area (Å²) in [6.07, 6.45) is 3.75. The molecule has 0 bridgehead atoms. The summed E-state index contributed by atoms with van der Waals surface area (Å²) in [5.41, 5.74) is 10.4. The van der Waals surface area contributed by atoms with E-state index < -0.39 is 11.4 Å². The molecule has 2 fully saturated rings. The monoisotopic (exact) mass is 427 g/mol. The smallest absolute Gasteiger partial charge is 0.245 e. The van der Waals surface area contributed by atoms with Crippen molar-refractivity contribution in [3.05, 3.63) is 12.2 Å². The van der Waals surface area contributed by atoms with Gasteiger partial charge in [-0.1, -0.05) is 6.58 Å². The van der Waals surface area contributed by atoms with Gasteiger partial charge in [0.05, 0.1) is 11.1 Å². The number of hydrogen-bond donors (Lipinski definition) is 5. The molecule has 2 aliphatic heterocycles. The van der Waals surface area contributed by atoms with Crippen molar-refractivity contribution < 1.29 is 15.2 Å². The lowest BCUT2D eigenvalue weighted by molar-refractivity contribution is -0.249. The molecule has 7 N–H and O–H groups in total. The number of hydroxylamine groups is 4. The lowest BCUT2D eigenvalue weighted by Crippen LogP contribution is -2.66. The van der Waals surface area contributed by atoms with Crippen molar-refractivity contribution in [3.63, 3.8) is 0 Å². The van der Waals surface area contributed by atoms with Crippen molar-refractivity contribution >= 4 is 5.91 Å². The van der Waals surface area contributed by atoms with Crippen LogP contribution in [0.5, 0.6) is 0 Å². The topological polar surface area (TPSA) is 128 Å². The van der Waals surface area contributed by atoms with Crippen LogP contribution in [0.1, 0.15) is 81.1 Å². The maximum absolute atomic E-state index is 10.9. The van der Waals surface area contributed by atoms with E-state index in [0.29, 0.717) is 12.1 Å². The maximum Gasteiger partial charge on any atom is 0.245 e. The molecule has 0 saturated carbocycles. The van der Waals surface area contributed by atoms with E-state index in [9.17, 15) is 15.2 Å². The molecule has 2 saturated heterocycles. The first-order valence-electron chi connectivity index (χ1n) is 10.8. The first-order valence-corrected chi connectivity index (χ1v) is 10.8. The Balaban J connectivity index is 0.000000325. The molecule has 1 amide bonds. The molecule has 176 valence electrons. The van der Waals surface area contributed by atoms with E-state index >= 15 is 0 Å². The van der Waals surface area contributed by atoms with E-state index in [1.54, 1.807) is 0 Å². The number of carbonyl (C=O) groups excluding carboxylic acids is 1. The van der Waals surface area contributed by atoms with E-state index in [1.165, 1.54) is 10.1 Å². The molecule has 0 radical (unpaired) electrons. The van der Waals surface area contributed by atoms with Crippen molar-refractivity contribution in [2.24, 2.45) is 11.5 Å².